The Morgan fingerprint density at radius 2 is 1.45 bits per heavy atom. The van der Waals surface area contributed by atoms with E-state index in [1.807, 2.05) is 0 Å². The number of aliphatic hydroxyl groups excluding tert-OH is 1. The molecule has 1 aliphatic heterocycles. The molecule has 3 atom stereocenters. The summed E-state index contributed by atoms with van der Waals surface area (Å²) in [5.41, 5.74) is 0. The molecular formula is C25H48O4. The van der Waals surface area contributed by atoms with Crippen molar-refractivity contribution in [1.82, 2.24) is 0 Å². The first-order valence-electron chi connectivity index (χ1n) is 12.7. The van der Waals surface area contributed by atoms with Crippen LogP contribution in [-0.4, -0.2) is 36.5 Å². The normalized spacial score (nSPS) is 19.8. The molecule has 1 fully saturated rings. The van der Waals surface area contributed by atoms with E-state index >= 15 is 0 Å². The van der Waals surface area contributed by atoms with E-state index in [0.29, 0.717) is 13.0 Å². The second-order valence-corrected chi connectivity index (χ2v) is 8.85. The lowest BCUT2D eigenvalue weighted by atomic mass is 9.86. The highest BCUT2D eigenvalue weighted by molar-refractivity contribution is 5.78. The van der Waals surface area contributed by atoms with Crippen molar-refractivity contribution in [1.29, 1.82) is 0 Å². The smallest absolute Gasteiger partial charge is 0.313 e. The van der Waals surface area contributed by atoms with E-state index in [1.54, 1.807) is 0 Å². The molecule has 1 heterocycles. The van der Waals surface area contributed by atoms with E-state index in [4.69, 9.17) is 14.6 Å². The molecule has 0 aromatic carbocycles. The van der Waals surface area contributed by atoms with Crippen molar-refractivity contribution >= 4 is 5.97 Å². The molecule has 1 aliphatic rings. The standard InChI is InChI=1S/C25H48O4/c1-3-5-7-9-10-11-12-13-14-17-22(28-20-16-19-26)21-24-23(25(27)29-24)18-15-8-6-4-2/h22-24,26H,3-21H2,1-2H3. The molecule has 0 spiro atoms. The molecule has 1 N–H and O–H groups in total. The van der Waals surface area contributed by atoms with Crippen LogP contribution in [0.4, 0.5) is 0 Å². The van der Waals surface area contributed by atoms with Crippen LogP contribution in [0.1, 0.15) is 123 Å². The molecule has 0 aromatic heterocycles. The first kappa shape index (κ1) is 26.4. The predicted octanol–water partition coefficient (Wildman–Crippen LogP) is 6.58. The summed E-state index contributed by atoms with van der Waals surface area (Å²) in [5.74, 6) is 0.0719. The van der Waals surface area contributed by atoms with Crippen LogP contribution < -0.4 is 0 Å². The number of hydrogen-bond acceptors (Lipinski definition) is 4. The Morgan fingerprint density at radius 1 is 0.862 bits per heavy atom. The van der Waals surface area contributed by atoms with E-state index in [9.17, 15) is 4.79 Å². The molecule has 172 valence electrons. The van der Waals surface area contributed by atoms with Gasteiger partial charge >= 0.3 is 5.97 Å². The molecule has 0 aliphatic carbocycles. The van der Waals surface area contributed by atoms with Crippen molar-refractivity contribution in [3.8, 4) is 0 Å². The van der Waals surface area contributed by atoms with Crippen LogP contribution in [0, 0.1) is 5.92 Å². The van der Waals surface area contributed by atoms with Gasteiger partial charge in [-0.05, 0) is 19.3 Å². The Bertz CT molecular complexity index is 385. The van der Waals surface area contributed by atoms with E-state index < -0.39 is 0 Å². The fraction of sp³-hybridized carbons (Fsp3) is 0.960. The summed E-state index contributed by atoms with van der Waals surface area (Å²) in [6, 6.07) is 0. The maximum atomic E-state index is 11.9. The van der Waals surface area contributed by atoms with Gasteiger partial charge in [0, 0.05) is 19.6 Å². The minimum absolute atomic E-state index is 0.0105. The maximum absolute atomic E-state index is 11.9. The minimum atomic E-state index is -0.0105. The third-order valence-electron chi connectivity index (χ3n) is 6.17. The quantitative estimate of drug-likeness (QED) is 0.171. The van der Waals surface area contributed by atoms with Gasteiger partial charge in [0.2, 0.25) is 0 Å². The second-order valence-electron chi connectivity index (χ2n) is 8.85. The summed E-state index contributed by atoms with van der Waals surface area (Å²) >= 11 is 0. The van der Waals surface area contributed by atoms with Crippen molar-refractivity contribution in [2.24, 2.45) is 5.92 Å². The van der Waals surface area contributed by atoms with Crippen LogP contribution in [0.25, 0.3) is 0 Å². The number of cyclic esters (lactones) is 1. The van der Waals surface area contributed by atoms with Crippen LogP contribution in [-0.2, 0) is 14.3 Å². The lowest BCUT2D eigenvalue weighted by Crippen LogP contribution is -2.47. The van der Waals surface area contributed by atoms with Crippen LogP contribution in [0.2, 0.25) is 0 Å². The summed E-state index contributed by atoms with van der Waals surface area (Å²) in [4.78, 5) is 11.9. The van der Waals surface area contributed by atoms with Gasteiger partial charge in [0.15, 0.2) is 0 Å². The number of rotatable bonds is 21. The largest absolute Gasteiger partial charge is 0.461 e. The molecule has 0 amide bonds. The summed E-state index contributed by atoms with van der Waals surface area (Å²) in [6.07, 6.45) is 20.4. The van der Waals surface area contributed by atoms with Gasteiger partial charge in [-0.3, -0.25) is 4.79 Å². The van der Waals surface area contributed by atoms with Gasteiger partial charge in [-0.25, -0.2) is 0 Å². The Morgan fingerprint density at radius 3 is 2.03 bits per heavy atom. The summed E-state index contributed by atoms with van der Waals surface area (Å²) in [5, 5.41) is 9.04. The third-order valence-corrected chi connectivity index (χ3v) is 6.17. The highest BCUT2D eigenvalue weighted by atomic mass is 16.6. The molecular weight excluding hydrogens is 364 g/mol. The highest BCUT2D eigenvalue weighted by Gasteiger charge is 2.42. The molecule has 4 heteroatoms. The minimum Gasteiger partial charge on any atom is -0.461 e. The van der Waals surface area contributed by atoms with E-state index in [1.165, 1.54) is 77.0 Å². The number of carbonyl (C=O) groups is 1. The number of esters is 1. The number of unbranched alkanes of at least 4 members (excludes halogenated alkanes) is 11. The zero-order valence-electron chi connectivity index (χ0n) is 19.3. The fourth-order valence-corrected chi connectivity index (χ4v) is 4.23. The molecule has 0 saturated carbocycles. The fourth-order valence-electron chi connectivity index (χ4n) is 4.23. The number of aliphatic hydroxyl groups is 1. The van der Waals surface area contributed by atoms with Crippen molar-refractivity contribution in [3.63, 3.8) is 0 Å². The monoisotopic (exact) mass is 412 g/mol. The Balaban J connectivity index is 2.23. The van der Waals surface area contributed by atoms with Crippen LogP contribution in [0.3, 0.4) is 0 Å². The molecule has 3 unspecified atom stereocenters. The first-order valence-corrected chi connectivity index (χ1v) is 12.7. The van der Waals surface area contributed by atoms with Crippen LogP contribution >= 0.6 is 0 Å². The molecule has 1 saturated heterocycles. The summed E-state index contributed by atoms with van der Waals surface area (Å²) in [6.45, 7) is 5.24. The molecule has 29 heavy (non-hydrogen) atoms. The van der Waals surface area contributed by atoms with E-state index in [-0.39, 0.29) is 30.7 Å². The zero-order valence-corrected chi connectivity index (χ0v) is 19.3. The average molecular weight is 413 g/mol. The molecule has 4 nitrogen and oxygen atoms in total. The maximum Gasteiger partial charge on any atom is 0.313 e. The van der Waals surface area contributed by atoms with Gasteiger partial charge in [0.05, 0.1) is 12.0 Å². The third kappa shape index (κ3) is 12.6. The SMILES string of the molecule is CCCCCCCCCCCC(CC1OC(=O)C1CCCCCC)OCCCO. The zero-order chi connectivity index (χ0) is 21.2. The average Bonchev–Trinajstić information content (AvgIpc) is 2.71. The lowest BCUT2D eigenvalue weighted by molar-refractivity contribution is -0.189. The van der Waals surface area contributed by atoms with Gasteiger partial charge in [0.1, 0.15) is 6.10 Å². The molecule has 1 rings (SSSR count). The van der Waals surface area contributed by atoms with Gasteiger partial charge < -0.3 is 14.6 Å². The lowest BCUT2D eigenvalue weighted by Gasteiger charge is -2.37. The second kappa shape index (κ2) is 18.2. The number of carbonyl (C=O) groups excluding carboxylic acids is 1. The summed E-state index contributed by atoms with van der Waals surface area (Å²) in [7, 11) is 0. The Kier molecular flexibility index (Phi) is 16.6. The Hall–Kier alpha value is -0.610. The highest BCUT2D eigenvalue weighted by Crippen LogP contribution is 2.32. The molecule has 0 radical (unpaired) electrons. The van der Waals surface area contributed by atoms with Crippen molar-refractivity contribution in [3.05, 3.63) is 0 Å². The van der Waals surface area contributed by atoms with Crippen LogP contribution in [0.15, 0.2) is 0 Å². The van der Waals surface area contributed by atoms with Crippen molar-refractivity contribution < 1.29 is 19.4 Å². The van der Waals surface area contributed by atoms with Crippen molar-refractivity contribution in [2.75, 3.05) is 13.2 Å². The van der Waals surface area contributed by atoms with E-state index in [0.717, 1.165) is 25.7 Å². The first-order chi connectivity index (χ1) is 14.2. The van der Waals surface area contributed by atoms with Gasteiger partial charge in [-0.15, -0.1) is 0 Å². The number of hydrogen-bond donors (Lipinski definition) is 1. The van der Waals surface area contributed by atoms with Crippen LogP contribution in [0.5, 0.6) is 0 Å². The van der Waals surface area contributed by atoms with E-state index in [2.05, 4.69) is 13.8 Å². The molecule has 0 bridgehead atoms. The molecule has 0 aromatic rings. The van der Waals surface area contributed by atoms with Gasteiger partial charge in [0.25, 0.3) is 0 Å². The topological polar surface area (TPSA) is 55.8 Å². The van der Waals surface area contributed by atoms with Gasteiger partial charge in [-0.2, -0.15) is 0 Å². The Labute approximate surface area is 180 Å². The van der Waals surface area contributed by atoms with Gasteiger partial charge in [-0.1, -0.05) is 97.3 Å². The number of ether oxygens (including phenoxy) is 2. The van der Waals surface area contributed by atoms with Crippen molar-refractivity contribution in [2.45, 2.75) is 135 Å². The summed E-state index contributed by atoms with van der Waals surface area (Å²) < 4.78 is 11.5. The predicted molar refractivity (Wildman–Crippen MR) is 120 cm³/mol.